The molecule has 0 spiro atoms. The molecule has 210 valence electrons. The maximum atomic E-state index is 13.1. The standard InChI is InChI=1S/C32H48N2O4/c1-19(34(5)6)23-14-15-24-22-12-13-26-29(38-20(2)35)28(33-30(37)21-10-8-7-9-11-21)27(36)18-32(26,4)25(22)16-17-31(23,24)3/h7-11,19,22-29,36H,12-18H2,1-6H3,(H,33,37)/t19?,22?,23-,24?,25?,26?,27+,28+,29-,31-,32-/m1/s1. The molecule has 11 atom stereocenters. The smallest absolute Gasteiger partial charge is 0.302 e. The summed E-state index contributed by atoms with van der Waals surface area (Å²) in [6.07, 6.45) is 6.47. The number of nitrogens with one attached hydrogen (secondary N) is 1. The molecule has 4 aliphatic carbocycles. The van der Waals surface area contributed by atoms with Crippen molar-refractivity contribution in [1.82, 2.24) is 10.2 Å². The fourth-order valence-electron chi connectivity index (χ4n) is 9.92. The van der Waals surface area contributed by atoms with Gasteiger partial charge in [0.05, 0.1) is 12.1 Å². The van der Waals surface area contributed by atoms with Gasteiger partial charge in [-0.15, -0.1) is 0 Å². The van der Waals surface area contributed by atoms with E-state index in [1.165, 1.54) is 32.6 Å². The highest BCUT2D eigenvalue weighted by Gasteiger charge is 2.64. The van der Waals surface area contributed by atoms with Crippen molar-refractivity contribution in [2.75, 3.05) is 14.1 Å². The second-order valence-electron chi connectivity index (χ2n) is 13.7. The summed E-state index contributed by atoms with van der Waals surface area (Å²) in [4.78, 5) is 27.8. The molecule has 4 fully saturated rings. The van der Waals surface area contributed by atoms with Gasteiger partial charge in [-0.05, 0) is 113 Å². The van der Waals surface area contributed by atoms with Gasteiger partial charge in [0.1, 0.15) is 6.10 Å². The molecule has 1 aromatic carbocycles. The minimum Gasteiger partial charge on any atom is -0.460 e. The first-order valence-corrected chi connectivity index (χ1v) is 14.8. The predicted molar refractivity (Wildman–Crippen MR) is 148 cm³/mol. The molecule has 0 aromatic heterocycles. The third kappa shape index (κ3) is 4.50. The van der Waals surface area contributed by atoms with Crippen molar-refractivity contribution in [3.05, 3.63) is 35.9 Å². The molecule has 0 radical (unpaired) electrons. The molecule has 4 aliphatic rings. The molecule has 2 N–H and O–H groups in total. The van der Waals surface area contributed by atoms with Crippen LogP contribution in [0.3, 0.4) is 0 Å². The number of carbonyl (C=O) groups excluding carboxylic acids is 2. The first-order chi connectivity index (χ1) is 18.0. The van der Waals surface area contributed by atoms with Gasteiger partial charge in [0.25, 0.3) is 5.91 Å². The van der Waals surface area contributed by atoms with E-state index in [0.717, 1.165) is 18.8 Å². The Hall–Kier alpha value is -1.92. The quantitative estimate of drug-likeness (QED) is 0.536. The molecule has 38 heavy (non-hydrogen) atoms. The maximum absolute atomic E-state index is 13.1. The van der Waals surface area contributed by atoms with Crippen molar-refractivity contribution >= 4 is 11.9 Å². The SMILES string of the molecule is CC(=O)O[C@@H]1C2CCC3C(CC[C@@]4(C)C3CC[C@@H]4C(C)N(C)C)[C@@]2(C)C[C@H](O)[C@@H]1NC(=O)c1ccccc1. The molecule has 1 amide bonds. The molecule has 5 rings (SSSR count). The topological polar surface area (TPSA) is 78.9 Å². The normalized spacial score (nSPS) is 42.9. The number of hydrogen-bond donors (Lipinski definition) is 2. The van der Waals surface area contributed by atoms with Crippen LogP contribution >= 0.6 is 0 Å². The highest BCUT2D eigenvalue weighted by molar-refractivity contribution is 5.94. The Kier molecular flexibility index (Phi) is 7.45. The van der Waals surface area contributed by atoms with Crippen molar-refractivity contribution < 1.29 is 19.4 Å². The number of ether oxygens (including phenoxy) is 1. The molecular weight excluding hydrogens is 476 g/mol. The van der Waals surface area contributed by atoms with Gasteiger partial charge in [0.15, 0.2) is 0 Å². The molecule has 4 saturated carbocycles. The molecule has 0 saturated heterocycles. The Morgan fingerprint density at radius 2 is 1.66 bits per heavy atom. The van der Waals surface area contributed by atoms with E-state index in [1.54, 1.807) is 12.1 Å². The largest absolute Gasteiger partial charge is 0.460 e. The van der Waals surface area contributed by atoms with Crippen molar-refractivity contribution in [3.8, 4) is 0 Å². The summed E-state index contributed by atoms with van der Waals surface area (Å²) in [5, 5.41) is 14.6. The fourth-order valence-corrected chi connectivity index (χ4v) is 9.92. The molecule has 5 unspecified atom stereocenters. The van der Waals surface area contributed by atoms with E-state index >= 15 is 0 Å². The Bertz CT molecular complexity index is 1030. The second kappa shape index (κ2) is 10.2. The Balaban J connectivity index is 1.41. The van der Waals surface area contributed by atoms with Crippen LogP contribution in [0.2, 0.25) is 0 Å². The van der Waals surface area contributed by atoms with Crippen LogP contribution in [0.4, 0.5) is 0 Å². The molecule has 0 aliphatic heterocycles. The maximum Gasteiger partial charge on any atom is 0.302 e. The van der Waals surface area contributed by atoms with Gasteiger partial charge >= 0.3 is 5.97 Å². The first-order valence-electron chi connectivity index (χ1n) is 14.8. The lowest BCUT2D eigenvalue weighted by molar-refractivity contribution is -0.195. The zero-order valence-corrected chi connectivity index (χ0v) is 24.2. The van der Waals surface area contributed by atoms with Gasteiger partial charge in [-0.25, -0.2) is 0 Å². The van der Waals surface area contributed by atoms with Gasteiger partial charge in [0, 0.05) is 24.4 Å². The number of aliphatic hydroxyl groups is 1. The van der Waals surface area contributed by atoms with Crippen LogP contribution in [-0.2, 0) is 9.53 Å². The molecule has 6 heteroatoms. The van der Waals surface area contributed by atoms with Crippen LogP contribution in [-0.4, -0.2) is 60.3 Å². The molecule has 6 nitrogen and oxygen atoms in total. The number of fused-ring (bicyclic) bond motifs is 5. The lowest BCUT2D eigenvalue weighted by Crippen LogP contribution is -2.66. The van der Waals surface area contributed by atoms with Crippen LogP contribution in [0.5, 0.6) is 0 Å². The van der Waals surface area contributed by atoms with E-state index in [4.69, 9.17) is 4.74 Å². The van der Waals surface area contributed by atoms with E-state index in [0.29, 0.717) is 41.2 Å². The third-order valence-corrected chi connectivity index (χ3v) is 11.9. The monoisotopic (exact) mass is 524 g/mol. The van der Waals surface area contributed by atoms with Crippen LogP contribution < -0.4 is 5.32 Å². The van der Waals surface area contributed by atoms with Gasteiger partial charge < -0.3 is 20.1 Å². The average Bonchev–Trinajstić information content (AvgIpc) is 3.22. The summed E-state index contributed by atoms with van der Waals surface area (Å²) in [6, 6.07) is 9.05. The van der Waals surface area contributed by atoms with Crippen LogP contribution in [0.15, 0.2) is 30.3 Å². The Labute approximate surface area is 228 Å². The highest BCUT2D eigenvalue weighted by atomic mass is 16.5. The van der Waals surface area contributed by atoms with Crippen molar-refractivity contribution in [1.29, 1.82) is 0 Å². The minimum atomic E-state index is -0.759. The lowest BCUT2D eigenvalue weighted by Gasteiger charge is -2.63. The molecule has 0 bridgehead atoms. The number of rotatable bonds is 5. The van der Waals surface area contributed by atoms with E-state index in [1.807, 2.05) is 18.2 Å². The summed E-state index contributed by atoms with van der Waals surface area (Å²) in [6.45, 7) is 8.75. The van der Waals surface area contributed by atoms with Gasteiger partial charge in [-0.2, -0.15) is 0 Å². The zero-order valence-electron chi connectivity index (χ0n) is 24.2. The van der Waals surface area contributed by atoms with Crippen LogP contribution in [0.1, 0.15) is 83.0 Å². The predicted octanol–water partition coefficient (Wildman–Crippen LogP) is 4.91. The van der Waals surface area contributed by atoms with E-state index < -0.39 is 18.2 Å². The van der Waals surface area contributed by atoms with E-state index in [2.05, 4.69) is 45.1 Å². The van der Waals surface area contributed by atoms with Crippen molar-refractivity contribution in [2.24, 2.45) is 40.4 Å². The zero-order chi connectivity index (χ0) is 27.4. The second-order valence-corrected chi connectivity index (χ2v) is 13.7. The summed E-state index contributed by atoms with van der Waals surface area (Å²) in [5.74, 6) is 2.13. The molecule has 1 aromatic rings. The van der Waals surface area contributed by atoms with E-state index in [-0.39, 0.29) is 23.2 Å². The fraction of sp³-hybridized carbons (Fsp3) is 0.750. The number of nitrogens with zero attached hydrogens (tertiary/aromatic N) is 1. The number of benzene rings is 1. The Morgan fingerprint density at radius 3 is 2.32 bits per heavy atom. The summed E-state index contributed by atoms with van der Waals surface area (Å²) >= 11 is 0. The average molecular weight is 525 g/mol. The summed E-state index contributed by atoms with van der Waals surface area (Å²) in [7, 11) is 4.43. The summed E-state index contributed by atoms with van der Waals surface area (Å²) < 4.78 is 5.99. The Morgan fingerprint density at radius 1 is 1.00 bits per heavy atom. The van der Waals surface area contributed by atoms with Crippen molar-refractivity contribution in [2.45, 2.75) is 96.9 Å². The van der Waals surface area contributed by atoms with Crippen LogP contribution in [0.25, 0.3) is 0 Å². The number of aliphatic hydroxyl groups excluding tert-OH is 1. The summed E-state index contributed by atoms with van der Waals surface area (Å²) in [5.41, 5.74) is 0.791. The minimum absolute atomic E-state index is 0.122. The highest BCUT2D eigenvalue weighted by Crippen LogP contribution is 2.68. The van der Waals surface area contributed by atoms with Gasteiger partial charge in [-0.3, -0.25) is 9.59 Å². The molecular formula is C32H48N2O4. The lowest BCUT2D eigenvalue weighted by atomic mass is 9.43. The first kappa shape index (κ1) is 27.6. The van der Waals surface area contributed by atoms with Gasteiger partial charge in [0.2, 0.25) is 0 Å². The van der Waals surface area contributed by atoms with Gasteiger partial charge in [-0.1, -0.05) is 32.0 Å². The van der Waals surface area contributed by atoms with Crippen LogP contribution in [0, 0.1) is 40.4 Å². The number of amides is 1. The van der Waals surface area contributed by atoms with E-state index in [9.17, 15) is 14.7 Å². The molecule has 0 heterocycles. The number of hydrogen-bond acceptors (Lipinski definition) is 5. The third-order valence-electron chi connectivity index (χ3n) is 11.9. The number of esters is 1. The van der Waals surface area contributed by atoms with Crippen molar-refractivity contribution in [3.63, 3.8) is 0 Å². The number of carbonyl (C=O) groups is 2.